The van der Waals surface area contributed by atoms with Gasteiger partial charge in [0.2, 0.25) is 0 Å². The smallest absolute Gasteiger partial charge is 0.326 e. The van der Waals surface area contributed by atoms with Gasteiger partial charge >= 0.3 is 5.97 Å². The summed E-state index contributed by atoms with van der Waals surface area (Å²) in [5.41, 5.74) is 0.328. The molecule has 1 aliphatic rings. The highest BCUT2D eigenvalue weighted by Crippen LogP contribution is 2.22. The molecule has 2 amide bonds. The van der Waals surface area contributed by atoms with Gasteiger partial charge in [0.25, 0.3) is 11.8 Å². The van der Waals surface area contributed by atoms with E-state index in [1.807, 2.05) is 0 Å². The van der Waals surface area contributed by atoms with Crippen molar-refractivity contribution < 1.29 is 23.9 Å². The zero-order chi connectivity index (χ0) is 19.8. The molecule has 0 heterocycles. The van der Waals surface area contributed by atoms with Crippen molar-refractivity contribution in [3.05, 3.63) is 29.8 Å². The van der Waals surface area contributed by atoms with Gasteiger partial charge in [0, 0.05) is 13.1 Å². The van der Waals surface area contributed by atoms with Gasteiger partial charge in [0.05, 0.1) is 12.7 Å². The van der Waals surface area contributed by atoms with E-state index < -0.39 is 18.0 Å². The first-order chi connectivity index (χ1) is 12.9. The third-order valence-electron chi connectivity index (χ3n) is 4.87. The number of hydrogen-bond donors (Lipinski definition) is 1. The van der Waals surface area contributed by atoms with Gasteiger partial charge in [-0.2, -0.15) is 0 Å². The van der Waals surface area contributed by atoms with E-state index in [-0.39, 0.29) is 18.5 Å². The summed E-state index contributed by atoms with van der Waals surface area (Å²) in [4.78, 5) is 38.3. The molecule has 1 saturated carbocycles. The van der Waals surface area contributed by atoms with Gasteiger partial charge < -0.3 is 19.7 Å². The molecule has 0 aliphatic heterocycles. The quantitative estimate of drug-likeness (QED) is 0.737. The maximum absolute atomic E-state index is 12.5. The van der Waals surface area contributed by atoms with Crippen LogP contribution in [0.1, 0.15) is 49.4 Å². The topological polar surface area (TPSA) is 84.9 Å². The summed E-state index contributed by atoms with van der Waals surface area (Å²) in [6.45, 7) is 1.24. The van der Waals surface area contributed by atoms with Crippen molar-refractivity contribution in [2.45, 2.75) is 51.2 Å². The summed E-state index contributed by atoms with van der Waals surface area (Å²) < 4.78 is 10.3. The molecule has 1 aliphatic carbocycles. The van der Waals surface area contributed by atoms with Crippen LogP contribution in [0.3, 0.4) is 0 Å². The first-order valence-electron chi connectivity index (χ1n) is 9.31. The largest absolute Gasteiger partial charge is 0.496 e. The number of para-hydroxylation sites is 1. The van der Waals surface area contributed by atoms with Crippen molar-refractivity contribution in [2.75, 3.05) is 20.7 Å². The zero-order valence-corrected chi connectivity index (χ0v) is 16.2. The van der Waals surface area contributed by atoms with Gasteiger partial charge in [0.1, 0.15) is 12.3 Å². The summed E-state index contributed by atoms with van der Waals surface area (Å²) in [7, 11) is 3.22. The van der Waals surface area contributed by atoms with Gasteiger partial charge in [-0.1, -0.05) is 31.4 Å². The maximum Gasteiger partial charge on any atom is 0.326 e. The number of methoxy groups -OCH3 is 1. The van der Waals surface area contributed by atoms with Gasteiger partial charge in [-0.05, 0) is 31.9 Å². The number of ether oxygens (including phenoxy) is 2. The molecule has 27 heavy (non-hydrogen) atoms. The fourth-order valence-electron chi connectivity index (χ4n) is 3.30. The molecule has 7 heteroatoms. The molecule has 0 saturated heterocycles. The molecule has 7 nitrogen and oxygen atoms in total. The van der Waals surface area contributed by atoms with Crippen molar-refractivity contribution in [3.63, 3.8) is 0 Å². The molecular weight excluding hydrogens is 348 g/mol. The molecule has 1 aromatic rings. The predicted molar refractivity (Wildman–Crippen MR) is 101 cm³/mol. The van der Waals surface area contributed by atoms with E-state index in [2.05, 4.69) is 5.32 Å². The van der Waals surface area contributed by atoms with Crippen LogP contribution in [-0.2, 0) is 14.3 Å². The second kappa shape index (κ2) is 9.94. The average Bonchev–Trinajstić information content (AvgIpc) is 2.71. The Kier molecular flexibility index (Phi) is 7.64. The van der Waals surface area contributed by atoms with Crippen molar-refractivity contribution in [3.8, 4) is 5.75 Å². The summed E-state index contributed by atoms with van der Waals surface area (Å²) in [5.74, 6) is -0.897. The first-order valence-corrected chi connectivity index (χ1v) is 9.31. The molecule has 0 spiro atoms. The highest BCUT2D eigenvalue weighted by molar-refractivity contribution is 5.98. The van der Waals surface area contributed by atoms with Crippen molar-refractivity contribution >= 4 is 17.8 Å². The number of benzene rings is 1. The van der Waals surface area contributed by atoms with Crippen LogP contribution < -0.4 is 10.1 Å². The van der Waals surface area contributed by atoms with Crippen LogP contribution in [0, 0.1) is 0 Å². The van der Waals surface area contributed by atoms with E-state index in [9.17, 15) is 14.4 Å². The Morgan fingerprint density at radius 2 is 1.85 bits per heavy atom. The SMILES string of the molecule is COc1ccccc1C(=O)NCC(=O)O[C@H](C)C(=O)N(C)C1CCCCC1. The summed E-state index contributed by atoms with van der Waals surface area (Å²) >= 11 is 0. The number of hydrogen-bond acceptors (Lipinski definition) is 5. The number of esters is 1. The van der Waals surface area contributed by atoms with Crippen LogP contribution >= 0.6 is 0 Å². The summed E-state index contributed by atoms with van der Waals surface area (Å²) in [6, 6.07) is 6.93. The minimum atomic E-state index is -0.882. The third kappa shape index (κ3) is 5.70. The molecule has 0 aromatic heterocycles. The van der Waals surface area contributed by atoms with Gasteiger partial charge in [0.15, 0.2) is 6.10 Å². The molecule has 1 fully saturated rings. The fourth-order valence-corrected chi connectivity index (χ4v) is 3.30. The number of nitrogens with zero attached hydrogens (tertiary/aromatic N) is 1. The number of carbonyl (C=O) groups is 3. The van der Waals surface area contributed by atoms with E-state index in [0.29, 0.717) is 11.3 Å². The second-order valence-corrected chi connectivity index (χ2v) is 6.76. The standard InChI is InChI=1S/C20H28N2O5/c1-14(20(25)22(2)15-9-5-4-6-10-15)27-18(23)13-21-19(24)16-11-7-8-12-17(16)26-3/h7-8,11-12,14-15H,4-6,9-10,13H2,1-3H3,(H,21,24)/t14-/m1/s1. The Morgan fingerprint density at radius 1 is 1.19 bits per heavy atom. The lowest BCUT2D eigenvalue weighted by atomic mass is 9.94. The van der Waals surface area contributed by atoms with Crippen LogP contribution in [0.15, 0.2) is 24.3 Å². The van der Waals surface area contributed by atoms with Gasteiger partial charge in [-0.3, -0.25) is 14.4 Å². The number of carbonyl (C=O) groups excluding carboxylic acids is 3. The number of rotatable bonds is 7. The van der Waals surface area contributed by atoms with Crippen LogP contribution in [0.25, 0.3) is 0 Å². The second-order valence-electron chi connectivity index (χ2n) is 6.76. The number of likely N-dealkylation sites (N-methyl/N-ethyl adjacent to an activating group) is 1. The Hall–Kier alpha value is -2.57. The predicted octanol–water partition coefficient (Wildman–Crippen LogP) is 2.15. The molecule has 0 unspecified atom stereocenters. The van der Waals surface area contributed by atoms with E-state index in [1.165, 1.54) is 13.5 Å². The van der Waals surface area contributed by atoms with Crippen molar-refractivity contribution in [1.82, 2.24) is 10.2 Å². The molecule has 148 valence electrons. The summed E-state index contributed by atoms with van der Waals surface area (Å²) in [6.07, 6.45) is 4.52. The lowest BCUT2D eigenvalue weighted by Gasteiger charge is -2.32. The fraction of sp³-hybridized carbons (Fsp3) is 0.550. The first kappa shape index (κ1) is 20.7. The highest BCUT2D eigenvalue weighted by atomic mass is 16.5. The van der Waals surface area contributed by atoms with E-state index in [4.69, 9.17) is 9.47 Å². The minimum Gasteiger partial charge on any atom is -0.496 e. The van der Waals surface area contributed by atoms with Gasteiger partial charge in [-0.15, -0.1) is 0 Å². The monoisotopic (exact) mass is 376 g/mol. The Bertz CT molecular complexity index is 670. The third-order valence-corrected chi connectivity index (χ3v) is 4.87. The van der Waals surface area contributed by atoms with Crippen LogP contribution in [0.5, 0.6) is 5.75 Å². The maximum atomic E-state index is 12.5. The van der Waals surface area contributed by atoms with Crippen LogP contribution in [0.2, 0.25) is 0 Å². The number of amides is 2. The molecule has 2 rings (SSSR count). The highest BCUT2D eigenvalue weighted by Gasteiger charge is 2.27. The molecular formula is C20H28N2O5. The number of nitrogens with one attached hydrogen (secondary N) is 1. The molecule has 0 bridgehead atoms. The van der Waals surface area contributed by atoms with E-state index in [0.717, 1.165) is 25.7 Å². The average molecular weight is 376 g/mol. The van der Waals surface area contributed by atoms with E-state index in [1.54, 1.807) is 43.1 Å². The minimum absolute atomic E-state index is 0.206. The Morgan fingerprint density at radius 3 is 2.52 bits per heavy atom. The van der Waals surface area contributed by atoms with Crippen molar-refractivity contribution in [2.24, 2.45) is 0 Å². The molecule has 1 N–H and O–H groups in total. The summed E-state index contributed by atoms with van der Waals surface area (Å²) in [5, 5.41) is 2.49. The molecule has 1 atom stereocenters. The lowest BCUT2D eigenvalue weighted by Crippen LogP contribution is -2.45. The molecule has 1 aromatic carbocycles. The molecule has 0 radical (unpaired) electrons. The lowest BCUT2D eigenvalue weighted by molar-refractivity contribution is -0.158. The van der Waals surface area contributed by atoms with Crippen LogP contribution in [0.4, 0.5) is 0 Å². The van der Waals surface area contributed by atoms with Crippen LogP contribution in [-0.4, -0.2) is 55.5 Å². The zero-order valence-electron chi connectivity index (χ0n) is 16.2. The normalized spacial score (nSPS) is 15.5. The van der Waals surface area contributed by atoms with Gasteiger partial charge in [-0.25, -0.2) is 0 Å². The Labute approximate surface area is 160 Å². The van der Waals surface area contributed by atoms with Crippen molar-refractivity contribution in [1.29, 1.82) is 0 Å². The van der Waals surface area contributed by atoms with E-state index >= 15 is 0 Å². The Balaban J connectivity index is 1.82.